The summed E-state index contributed by atoms with van der Waals surface area (Å²) in [5.74, 6) is 3.91. The number of amides is 2. The number of nitrogens with zero attached hydrogens (tertiary/aromatic N) is 1. The molecule has 1 aliphatic carbocycles. The molecule has 52 heavy (non-hydrogen) atoms. The summed E-state index contributed by atoms with van der Waals surface area (Å²) in [6, 6.07) is 29.3. The minimum absolute atomic E-state index is 0.0618. The van der Waals surface area contributed by atoms with Crippen LogP contribution in [0.3, 0.4) is 0 Å². The van der Waals surface area contributed by atoms with E-state index in [1.165, 1.54) is 0 Å². The molecule has 2 fully saturated rings. The van der Waals surface area contributed by atoms with Crippen molar-refractivity contribution in [2.24, 2.45) is 11.7 Å². The smallest absolute Gasteiger partial charge is 0.324 e. The number of esters is 1. The maximum Gasteiger partial charge on any atom is 0.324 e. The molecule has 9 heteroatoms. The van der Waals surface area contributed by atoms with Crippen molar-refractivity contribution in [2.45, 2.75) is 55.3 Å². The topological polar surface area (TPSA) is 131 Å². The van der Waals surface area contributed by atoms with E-state index in [9.17, 15) is 19.5 Å². The third kappa shape index (κ3) is 5.56. The number of primary amides is 1. The molecule has 0 aromatic heterocycles. The first kappa shape index (κ1) is 33.5. The van der Waals surface area contributed by atoms with Gasteiger partial charge in [0, 0.05) is 11.3 Å². The van der Waals surface area contributed by atoms with Crippen LogP contribution in [-0.2, 0) is 24.5 Å². The van der Waals surface area contributed by atoms with E-state index in [0.717, 1.165) is 42.4 Å². The molecule has 4 aliphatic rings. The van der Waals surface area contributed by atoms with Gasteiger partial charge in [-0.3, -0.25) is 19.3 Å². The van der Waals surface area contributed by atoms with Crippen LogP contribution in [0.15, 0.2) is 115 Å². The van der Waals surface area contributed by atoms with E-state index in [-0.39, 0.29) is 13.2 Å². The lowest BCUT2D eigenvalue weighted by molar-refractivity contribution is -0.178. The zero-order valence-corrected chi connectivity index (χ0v) is 28.5. The molecule has 3 heterocycles. The highest BCUT2D eigenvalue weighted by Gasteiger charge is 2.73. The third-order valence-corrected chi connectivity index (χ3v) is 10.8. The van der Waals surface area contributed by atoms with Gasteiger partial charge >= 0.3 is 5.97 Å². The van der Waals surface area contributed by atoms with Gasteiger partial charge in [0.2, 0.25) is 11.8 Å². The number of cyclic esters (lactones) is 1. The fourth-order valence-corrected chi connectivity index (χ4v) is 8.74. The number of aliphatic hydroxyl groups excluding tert-OH is 1. The normalized spacial score (nSPS) is 26.3. The zero-order chi connectivity index (χ0) is 35.8. The number of nitrogens with two attached hydrogens (primary N) is 1. The van der Waals surface area contributed by atoms with E-state index < -0.39 is 53.3 Å². The van der Waals surface area contributed by atoms with E-state index in [1.807, 2.05) is 102 Å². The molecule has 0 unspecified atom stereocenters. The molecule has 0 saturated carbocycles. The number of aliphatic hydroxyl groups is 1. The van der Waals surface area contributed by atoms with Gasteiger partial charge < -0.3 is 25.6 Å². The molecule has 6 atom stereocenters. The van der Waals surface area contributed by atoms with Crippen molar-refractivity contribution in [3.63, 3.8) is 0 Å². The van der Waals surface area contributed by atoms with Crippen LogP contribution in [0.2, 0.25) is 0 Å². The van der Waals surface area contributed by atoms with E-state index in [0.29, 0.717) is 28.1 Å². The number of rotatable bonds is 7. The molecule has 0 radical (unpaired) electrons. The number of carbonyl (C=O) groups is 3. The average molecular weight is 694 g/mol. The van der Waals surface area contributed by atoms with Crippen molar-refractivity contribution in [2.75, 3.05) is 18.5 Å². The van der Waals surface area contributed by atoms with Crippen LogP contribution in [0.5, 0.6) is 5.75 Å². The monoisotopic (exact) mass is 693 g/mol. The van der Waals surface area contributed by atoms with Gasteiger partial charge in [0.05, 0.1) is 24.6 Å². The molecular weight excluding hydrogens is 654 g/mol. The van der Waals surface area contributed by atoms with Crippen LogP contribution in [0.4, 0.5) is 5.69 Å². The maximum atomic E-state index is 15.0. The maximum absolute atomic E-state index is 15.0. The first-order valence-corrected chi connectivity index (χ1v) is 17.8. The van der Waals surface area contributed by atoms with Gasteiger partial charge in [-0.05, 0) is 83.8 Å². The van der Waals surface area contributed by atoms with Gasteiger partial charge in [-0.1, -0.05) is 90.7 Å². The second-order valence-electron chi connectivity index (χ2n) is 13.8. The van der Waals surface area contributed by atoms with Crippen LogP contribution < -0.4 is 15.8 Å². The predicted octanol–water partition coefficient (Wildman–Crippen LogP) is 5.67. The standard InChI is InChI=1S/C43H39N3O6/c44-40(48)35-37-41(49)52-38(30-15-8-3-9-16-30)36(29-13-6-2-7-14-29)46(37)39(31-17-10-18-32(26-31)51-24-23-47)43(35)33-25-28(21-22-34(33)45-42(43)50)20-19-27-11-4-1-5-12-27/h2-3,6-11,13-18,21-22,25-26,35-39,47H,1,4-5,12,23-24H2,(H2,44,48)(H,45,50)/t35-,36-,37-,38+,39+,43-/m0/s1. The first-order valence-electron chi connectivity index (χ1n) is 17.8. The molecule has 2 saturated heterocycles. The highest BCUT2D eigenvalue weighted by atomic mass is 16.6. The molecule has 1 spiro atoms. The molecule has 262 valence electrons. The van der Waals surface area contributed by atoms with Crippen LogP contribution in [0.25, 0.3) is 0 Å². The number of carbonyl (C=O) groups excluding carboxylic acids is 3. The predicted molar refractivity (Wildman–Crippen MR) is 195 cm³/mol. The van der Waals surface area contributed by atoms with Crippen molar-refractivity contribution in [1.29, 1.82) is 0 Å². The average Bonchev–Trinajstić information content (AvgIpc) is 3.66. The lowest BCUT2D eigenvalue weighted by atomic mass is 9.65. The summed E-state index contributed by atoms with van der Waals surface area (Å²) in [5.41, 5.74) is 9.77. The van der Waals surface area contributed by atoms with Gasteiger partial charge in [-0.2, -0.15) is 0 Å². The number of morpholine rings is 1. The Balaban J connectivity index is 1.40. The van der Waals surface area contributed by atoms with Crippen molar-refractivity contribution < 1.29 is 29.0 Å². The lowest BCUT2D eigenvalue weighted by Crippen LogP contribution is -2.53. The molecule has 9 nitrogen and oxygen atoms in total. The van der Waals surface area contributed by atoms with Gasteiger partial charge in [0.15, 0.2) is 0 Å². The number of hydrogen-bond donors (Lipinski definition) is 3. The number of nitrogens with one attached hydrogen (secondary N) is 1. The summed E-state index contributed by atoms with van der Waals surface area (Å²) in [5, 5.41) is 12.6. The van der Waals surface area contributed by atoms with Gasteiger partial charge in [0.25, 0.3) is 0 Å². The largest absolute Gasteiger partial charge is 0.491 e. The SMILES string of the molecule is NC(=O)[C@@H]1[C@H]2C(=O)O[C@H](c3ccccc3)[C@H](c3ccccc3)N2[C@H](c2cccc(OCCO)c2)[C@@]12C(=O)Nc1ccc(C#CC3=CCCCC3)cc12. The summed E-state index contributed by atoms with van der Waals surface area (Å²) >= 11 is 0. The third-order valence-electron chi connectivity index (χ3n) is 10.8. The molecule has 4 N–H and O–H groups in total. The number of anilines is 1. The van der Waals surface area contributed by atoms with Gasteiger partial charge in [-0.25, -0.2) is 0 Å². The molecule has 4 aromatic rings. The quantitative estimate of drug-likeness (QED) is 0.168. The molecular formula is C43H39N3O6. The van der Waals surface area contributed by atoms with Crippen molar-refractivity contribution in [3.8, 4) is 17.6 Å². The van der Waals surface area contributed by atoms with Gasteiger partial charge in [0.1, 0.15) is 29.9 Å². The number of hydrogen-bond acceptors (Lipinski definition) is 7. The second kappa shape index (κ2) is 13.8. The fourth-order valence-electron chi connectivity index (χ4n) is 8.74. The van der Waals surface area contributed by atoms with Crippen molar-refractivity contribution >= 4 is 23.5 Å². The molecule has 3 aliphatic heterocycles. The van der Waals surface area contributed by atoms with Crippen molar-refractivity contribution in [1.82, 2.24) is 4.90 Å². The summed E-state index contributed by atoms with van der Waals surface area (Å²) in [6.07, 6.45) is 5.56. The van der Waals surface area contributed by atoms with E-state index in [4.69, 9.17) is 15.2 Å². The summed E-state index contributed by atoms with van der Waals surface area (Å²) in [4.78, 5) is 45.5. The fraction of sp³-hybridized carbons (Fsp3) is 0.279. The van der Waals surface area contributed by atoms with E-state index in [1.54, 1.807) is 6.07 Å². The lowest BCUT2D eigenvalue weighted by Gasteiger charge is -2.46. The zero-order valence-electron chi connectivity index (χ0n) is 28.5. The highest BCUT2D eigenvalue weighted by Crippen LogP contribution is 2.64. The van der Waals surface area contributed by atoms with Crippen LogP contribution in [0, 0.1) is 17.8 Å². The Morgan fingerprint density at radius 3 is 2.37 bits per heavy atom. The Hall–Kier alpha value is -5.69. The van der Waals surface area contributed by atoms with Crippen molar-refractivity contribution in [3.05, 3.63) is 143 Å². The van der Waals surface area contributed by atoms with Crippen LogP contribution in [-0.4, -0.2) is 47.0 Å². The number of fused-ring (bicyclic) bond motifs is 3. The molecule has 8 rings (SSSR count). The van der Waals surface area contributed by atoms with Gasteiger partial charge in [-0.15, -0.1) is 0 Å². The van der Waals surface area contributed by atoms with Crippen LogP contribution in [0.1, 0.15) is 71.7 Å². The molecule has 0 bridgehead atoms. The molecule has 2 amide bonds. The second-order valence-corrected chi connectivity index (χ2v) is 13.8. The Kier molecular flexibility index (Phi) is 8.87. The minimum atomic E-state index is -1.67. The molecule has 4 aromatic carbocycles. The Bertz CT molecular complexity index is 2120. The summed E-state index contributed by atoms with van der Waals surface area (Å²) in [7, 11) is 0. The van der Waals surface area contributed by atoms with Crippen LogP contribution >= 0.6 is 0 Å². The Labute approximate surface area is 302 Å². The van der Waals surface area contributed by atoms with E-state index in [2.05, 4.69) is 23.2 Å². The Morgan fingerprint density at radius 1 is 0.904 bits per heavy atom. The first-order chi connectivity index (χ1) is 25.4. The highest BCUT2D eigenvalue weighted by molar-refractivity contribution is 6.12. The Morgan fingerprint density at radius 2 is 1.65 bits per heavy atom. The number of ether oxygens (including phenoxy) is 2. The summed E-state index contributed by atoms with van der Waals surface area (Å²) in [6.45, 7) is -0.126. The number of benzene rings is 4. The minimum Gasteiger partial charge on any atom is -0.491 e. The van der Waals surface area contributed by atoms with E-state index >= 15 is 0 Å². The number of allylic oxidation sites excluding steroid dienone is 2. The summed E-state index contributed by atoms with van der Waals surface area (Å²) < 4.78 is 12.2.